The lowest BCUT2D eigenvalue weighted by Gasteiger charge is -2.17. The van der Waals surface area contributed by atoms with Gasteiger partial charge in [0.05, 0.1) is 13.0 Å². The Bertz CT molecular complexity index is 611. The number of amides is 1. The molecule has 1 saturated heterocycles. The second-order valence-corrected chi connectivity index (χ2v) is 5.36. The molecule has 124 valence electrons. The highest BCUT2D eigenvalue weighted by molar-refractivity contribution is 5.80. The molecule has 1 heterocycles. The number of rotatable bonds is 6. The fourth-order valence-electron chi connectivity index (χ4n) is 2.52. The van der Waals surface area contributed by atoms with Crippen molar-refractivity contribution in [1.82, 2.24) is 4.90 Å². The molecule has 0 spiro atoms. The lowest BCUT2D eigenvalue weighted by molar-refractivity contribution is -0.141. The van der Waals surface area contributed by atoms with E-state index in [9.17, 15) is 9.59 Å². The first kappa shape index (κ1) is 16.9. The van der Waals surface area contributed by atoms with Crippen LogP contribution in [-0.4, -0.2) is 48.7 Å². The van der Waals surface area contributed by atoms with E-state index in [4.69, 9.17) is 14.6 Å². The molecule has 0 bridgehead atoms. The second kappa shape index (κ2) is 7.67. The summed E-state index contributed by atoms with van der Waals surface area (Å²) in [5.74, 6) is -0.509. The van der Waals surface area contributed by atoms with Gasteiger partial charge in [-0.3, -0.25) is 9.59 Å². The van der Waals surface area contributed by atoms with E-state index in [1.165, 1.54) is 4.90 Å². The minimum absolute atomic E-state index is 0.133. The van der Waals surface area contributed by atoms with Gasteiger partial charge in [-0.05, 0) is 31.0 Å². The summed E-state index contributed by atoms with van der Waals surface area (Å²) >= 11 is 0. The number of carbonyl (C=O) groups is 2. The fourth-order valence-corrected chi connectivity index (χ4v) is 2.52. The highest BCUT2D eigenvalue weighted by Gasteiger charge is 2.30. The first-order chi connectivity index (χ1) is 11.0. The zero-order valence-corrected chi connectivity index (χ0v) is 13.3. The van der Waals surface area contributed by atoms with Gasteiger partial charge in [-0.1, -0.05) is 18.2 Å². The van der Waals surface area contributed by atoms with Crippen LogP contribution in [0.1, 0.15) is 18.9 Å². The minimum Gasteiger partial charge on any atom is -0.493 e. The van der Waals surface area contributed by atoms with Crippen LogP contribution in [0.5, 0.6) is 11.5 Å². The monoisotopic (exact) mass is 319 g/mol. The van der Waals surface area contributed by atoms with Gasteiger partial charge in [0.15, 0.2) is 18.1 Å². The Kier molecular flexibility index (Phi) is 5.62. The van der Waals surface area contributed by atoms with Crippen LogP contribution in [0.4, 0.5) is 0 Å². The minimum atomic E-state index is -0.859. The van der Waals surface area contributed by atoms with Crippen LogP contribution in [0.15, 0.2) is 24.3 Å². The third-order valence-corrected chi connectivity index (χ3v) is 3.79. The van der Waals surface area contributed by atoms with Crippen molar-refractivity contribution in [2.45, 2.75) is 13.3 Å². The second-order valence-electron chi connectivity index (χ2n) is 5.36. The molecular formula is C17H21NO5. The van der Waals surface area contributed by atoms with Crippen molar-refractivity contribution in [2.24, 2.45) is 5.92 Å². The van der Waals surface area contributed by atoms with E-state index in [-0.39, 0.29) is 19.1 Å². The summed E-state index contributed by atoms with van der Waals surface area (Å²) < 4.78 is 10.8. The van der Waals surface area contributed by atoms with Gasteiger partial charge in [0, 0.05) is 13.1 Å². The molecule has 0 aliphatic carbocycles. The smallest absolute Gasteiger partial charge is 0.308 e. The molecule has 1 aliphatic heterocycles. The number of carbonyl (C=O) groups excluding carboxylic acids is 1. The van der Waals surface area contributed by atoms with Gasteiger partial charge >= 0.3 is 5.97 Å². The third-order valence-electron chi connectivity index (χ3n) is 3.79. The normalized spacial score (nSPS) is 17.5. The molecule has 1 unspecified atom stereocenters. The Balaban J connectivity index is 1.95. The molecule has 2 rings (SSSR count). The standard InChI is InChI=1S/C17H21NO5/c1-3-4-12-5-6-14(15(9-12)22-2)23-11-16(19)18-8-7-13(10-18)17(20)21/h3-6,9,13H,7-8,10-11H2,1-2H3,(H,20,21)/b4-3+. The zero-order valence-electron chi connectivity index (χ0n) is 13.3. The molecule has 1 atom stereocenters. The largest absolute Gasteiger partial charge is 0.493 e. The average Bonchev–Trinajstić information content (AvgIpc) is 3.03. The van der Waals surface area contributed by atoms with Crippen molar-refractivity contribution in [1.29, 1.82) is 0 Å². The molecule has 0 radical (unpaired) electrons. The number of aliphatic carboxylic acids is 1. The number of likely N-dealkylation sites (tertiary alicyclic amines) is 1. The van der Waals surface area contributed by atoms with Crippen molar-refractivity contribution in [2.75, 3.05) is 26.8 Å². The summed E-state index contributed by atoms with van der Waals surface area (Å²) in [5.41, 5.74) is 0.979. The van der Waals surface area contributed by atoms with E-state index < -0.39 is 11.9 Å². The molecule has 6 nitrogen and oxygen atoms in total. The van der Waals surface area contributed by atoms with Crippen molar-refractivity contribution < 1.29 is 24.2 Å². The molecule has 1 fully saturated rings. The Morgan fingerprint density at radius 1 is 1.39 bits per heavy atom. The molecule has 23 heavy (non-hydrogen) atoms. The van der Waals surface area contributed by atoms with Gasteiger partial charge in [-0.2, -0.15) is 0 Å². The Morgan fingerprint density at radius 2 is 2.17 bits per heavy atom. The Morgan fingerprint density at radius 3 is 2.78 bits per heavy atom. The molecule has 0 aromatic heterocycles. The van der Waals surface area contributed by atoms with Crippen LogP contribution in [0.25, 0.3) is 6.08 Å². The van der Waals surface area contributed by atoms with Crippen LogP contribution >= 0.6 is 0 Å². The molecule has 1 amide bonds. The quantitative estimate of drug-likeness (QED) is 0.868. The van der Waals surface area contributed by atoms with Gasteiger partial charge in [-0.15, -0.1) is 0 Å². The highest BCUT2D eigenvalue weighted by atomic mass is 16.5. The van der Waals surface area contributed by atoms with E-state index >= 15 is 0 Å². The first-order valence-corrected chi connectivity index (χ1v) is 7.49. The topological polar surface area (TPSA) is 76.1 Å². The van der Waals surface area contributed by atoms with Crippen LogP contribution < -0.4 is 9.47 Å². The highest BCUT2D eigenvalue weighted by Crippen LogP contribution is 2.28. The molecule has 1 aromatic rings. The third kappa shape index (κ3) is 4.25. The van der Waals surface area contributed by atoms with E-state index in [0.29, 0.717) is 24.5 Å². The maximum atomic E-state index is 12.1. The van der Waals surface area contributed by atoms with E-state index in [1.807, 2.05) is 31.2 Å². The van der Waals surface area contributed by atoms with Gasteiger partial charge in [-0.25, -0.2) is 0 Å². The van der Waals surface area contributed by atoms with Gasteiger partial charge < -0.3 is 19.5 Å². The number of methoxy groups -OCH3 is 1. The van der Waals surface area contributed by atoms with Crippen molar-refractivity contribution in [3.05, 3.63) is 29.8 Å². The number of allylic oxidation sites excluding steroid dienone is 1. The number of nitrogens with zero attached hydrogens (tertiary/aromatic N) is 1. The lowest BCUT2D eigenvalue weighted by atomic mass is 10.1. The summed E-state index contributed by atoms with van der Waals surface area (Å²) in [4.78, 5) is 24.6. The molecule has 1 N–H and O–H groups in total. The fraction of sp³-hybridized carbons (Fsp3) is 0.412. The van der Waals surface area contributed by atoms with Gasteiger partial charge in [0.1, 0.15) is 0 Å². The molecule has 1 aliphatic rings. The van der Waals surface area contributed by atoms with E-state index in [2.05, 4.69) is 0 Å². The van der Waals surface area contributed by atoms with Crippen LogP contribution in [-0.2, 0) is 9.59 Å². The molecule has 1 aromatic carbocycles. The van der Waals surface area contributed by atoms with Crippen molar-refractivity contribution >= 4 is 18.0 Å². The van der Waals surface area contributed by atoms with E-state index in [0.717, 1.165) is 5.56 Å². The predicted octanol–water partition coefficient (Wildman–Crippen LogP) is 2.04. The molecular weight excluding hydrogens is 298 g/mol. The summed E-state index contributed by atoms with van der Waals surface area (Å²) in [6, 6.07) is 5.46. The van der Waals surface area contributed by atoms with Crippen LogP contribution in [0.2, 0.25) is 0 Å². The van der Waals surface area contributed by atoms with Crippen LogP contribution in [0.3, 0.4) is 0 Å². The van der Waals surface area contributed by atoms with E-state index in [1.54, 1.807) is 13.2 Å². The maximum absolute atomic E-state index is 12.1. The SMILES string of the molecule is C/C=C/c1ccc(OCC(=O)N2CCC(C(=O)O)C2)c(OC)c1. The Hall–Kier alpha value is -2.50. The zero-order chi connectivity index (χ0) is 16.8. The van der Waals surface area contributed by atoms with Crippen LogP contribution in [0, 0.1) is 5.92 Å². The summed E-state index contributed by atoms with van der Waals surface area (Å²) in [5, 5.41) is 8.97. The van der Waals surface area contributed by atoms with Gasteiger partial charge in [0.25, 0.3) is 5.91 Å². The van der Waals surface area contributed by atoms with Gasteiger partial charge in [0.2, 0.25) is 0 Å². The van der Waals surface area contributed by atoms with Crippen molar-refractivity contribution in [3.8, 4) is 11.5 Å². The number of carboxylic acid groups (broad SMARTS) is 1. The molecule has 6 heteroatoms. The maximum Gasteiger partial charge on any atom is 0.308 e. The first-order valence-electron chi connectivity index (χ1n) is 7.49. The number of carboxylic acids is 1. The predicted molar refractivity (Wildman–Crippen MR) is 85.5 cm³/mol. The summed E-state index contributed by atoms with van der Waals surface area (Å²) in [6.07, 6.45) is 4.35. The number of hydrogen-bond acceptors (Lipinski definition) is 4. The number of benzene rings is 1. The average molecular weight is 319 g/mol. The number of hydrogen-bond donors (Lipinski definition) is 1. The summed E-state index contributed by atoms with van der Waals surface area (Å²) in [7, 11) is 1.54. The molecule has 0 saturated carbocycles. The Labute approximate surface area is 135 Å². The lowest BCUT2D eigenvalue weighted by Crippen LogP contribution is -2.33. The summed E-state index contributed by atoms with van der Waals surface area (Å²) in [6.45, 7) is 2.49. The number of ether oxygens (including phenoxy) is 2. The van der Waals surface area contributed by atoms with Crippen molar-refractivity contribution in [3.63, 3.8) is 0 Å².